The Kier molecular flexibility index (Phi) is 4.62. The number of benzene rings is 2. The number of hydrogen-bond donors (Lipinski definition) is 1. The van der Waals surface area contributed by atoms with E-state index in [2.05, 4.69) is 15.7 Å². The van der Waals surface area contributed by atoms with Gasteiger partial charge < -0.3 is 10.3 Å². The van der Waals surface area contributed by atoms with Crippen molar-refractivity contribution in [1.82, 2.24) is 5.27 Å². The Balaban J connectivity index is 2.05. The maximum Gasteiger partial charge on any atom is 0.347 e. The molecule has 24 heavy (non-hydrogen) atoms. The van der Waals surface area contributed by atoms with Crippen LogP contribution in [-0.4, -0.2) is 10.4 Å². The minimum absolute atomic E-state index is 0.00307. The average Bonchev–Trinajstić information content (AvgIpc) is 3.06. The molecule has 0 fully saturated rings. The highest BCUT2D eigenvalue weighted by atomic mass is 16.5. The summed E-state index contributed by atoms with van der Waals surface area (Å²) in [4.78, 5) is 0. The van der Waals surface area contributed by atoms with Gasteiger partial charge in [0.05, 0.1) is 5.56 Å². The summed E-state index contributed by atoms with van der Waals surface area (Å²) in [7, 11) is 0. The highest BCUT2D eigenvalue weighted by Crippen LogP contribution is 2.30. The third-order valence-corrected chi connectivity index (χ3v) is 3.81. The summed E-state index contributed by atoms with van der Waals surface area (Å²) in [5, 5.41) is 31.1. The zero-order valence-corrected chi connectivity index (χ0v) is 13.0. The number of rotatable bonds is 5. The highest BCUT2D eigenvalue weighted by Gasteiger charge is 2.35. The van der Waals surface area contributed by atoms with Gasteiger partial charge in [0.25, 0.3) is 0 Å². The maximum absolute atomic E-state index is 10.6. The van der Waals surface area contributed by atoms with Gasteiger partial charge in [-0.2, -0.15) is 0 Å². The van der Waals surface area contributed by atoms with E-state index in [9.17, 15) is 10.3 Å². The molecule has 0 spiro atoms. The monoisotopic (exact) mass is 324 g/mol. The predicted octanol–water partition coefficient (Wildman–Crippen LogP) is 3.51. The van der Waals surface area contributed by atoms with E-state index < -0.39 is 12.1 Å². The second kappa shape index (κ2) is 7.01. The molecule has 7 nitrogen and oxygen atoms in total. The van der Waals surface area contributed by atoms with Crippen LogP contribution >= 0.6 is 0 Å². The summed E-state index contributed by atoms with van der Waals surface area (Å²) in [5.41, 5.74) is 2.00. The van der Waals surface area contributed by atoms with Gasteiger partial charge in [-0.15, -0.1) is 5.11 Å². The lowest BCUT2D eigenvalue weighted by molar-refractivity contribution is -0.780. The summed E-state index contributed by atoms with van der Waals surface area (Å²) >= 11 is 0. The minimum atomic E-state index is -0.805. The van der Waals surface area contributed by atoms with Gasteiger partial charge >= 0.3 is 11.6 Å². The Bertz CT molecular complexity index is 818. The number of aliphatic hydroxyl groups is 1. The van der Waals surface area contributed by atoms with E-state index in [0.29, 0.717) is 5.69 Å². The van der Waals surface area contributed by atoms with Gasteiger partial charge in [0, 0.05) is 6.92 Å². The second-order valence-electron chi connectivity index (χ2n) is 5.32. The summed E-state index contributed by atoms with van der Waals surface area (Å²) in [6.07, 6.45) is -0.805. The lowest BCUT2D eigenvalue weighted by Crippen LogP contribution is -2.44. The molecule has 2 aromatic carbocycles. The van der Waals surface area contributed by atoms with Crippen LogP contribution in [-0.2, 0) is 0 Å². The molecule has 2 unspecified atom stereocenters. The quantitative estimate of drug-likeness (QED) is 0.441. The fourth-order valence-corrected chi connectivity index (χ4v) is 2.56. The molecule has 0 aliphatic carbocycles. The van der Waals surface area contributed by atoms with E-state index in [4.69, 9.17) is 4.52 Å². The third kappa shape index (κ3) is 3.02. The van der Waals surface area contributed by atoms with Crippen molar-refractivity contribution in [2.75, 3.05) is 0 Å². The first-order chi connectivity index (χ1) is 11.7. The Morgan fingerprint density at radius 1 is 1.08 bits per heavy atom. The van der Waals surface area contributed by atoms with Gasteiger partial charge in [-0.1, -0.05) is 48.5 Å². The van der Waals surface area contributed by atoms with Crippen molar-refractivity contribution < 1.29 is 14.3 Å². The molecule has 122 valence electrons. The van der Waals surface area contributed by atoms with Crippen molar-refractivity contribution >= 4 is 5.88 Å². The van der Waals surface area contributed by atoms with Crippen LogP contribution in [0.4, 0.5) is 5.88 Å². The molecule has 1 heterocycles. The molecule has 7 heteroatoms. The minimum Gasteiger partial charge on any atom is -0.775 e. The largest absolute Gasteiger partial charge is 0.775 e. The van der Waals surface area contributed by atoms with E-state index in [-0.39, 0.29) is 5.88 Å². The molecule has 0 saturated heterocycles. The van der Waals surface area contributed by atoms with Crippen LogP contribution in [0.15, 0.2) is 75.6 Å². The zero-order chi connectivity index (χ0) is 16.9. The molecular weight excluding hydrogens is 308 g/mol. The summed E-state index contributed by atoms with van der Waals surface area (Å²) in [6.45, 7) is 1.81. The van der Waals surface area contributed by atoms with Gasteiger partial charge in [-0.3, -0.25) is 4.52 Å². The molecule has 3 rings (SSSR count). The lowest BCUT2D eigenvalue weighted by atomic mass is 10.0. The van der Waals surface area contributed by atoms with Crippen molar-refractivity contribution in [3.63, 3.8) is 0 Å². The molecule has 1 aromatic heterocycles. The highest BCUT2D eigenvalue weighted by molar-refractivity contribution is 5.64. The standard InChI is InChI=1S/C17H16N4O3/c1-12(16(22)14-10-6-3-7-11-14)21-15(13-8-4-2-5-9-13)17(18-19-23)24-20-21/h2-12,16,22H,1H3. The van der Waals surface area contributed by atoms with Gasteiger partial charge in [-0.25, -0.2) is 5.28 Å². The van der Waals surface area contributed by atoms with Crippen LogP contribution in [0.5, 0.6) is 0 Å². The normalized spacial score (nSPS) is 13.9. The van der Waals surface area contributed by atoms with E-state index in [1.807, 2.05) is 67.6 Å². The summed E-state index contributed by atoms with van der Waals surface area (Å²) in [5.74, 6) is 0.00307. The van der Waals surface area contributed by atoms with Gasteiger partial charge in [0.15, 0.2) is 0 Å². The molecule has 0 bridgehead atoms. The van der Waals surface area contributed by atoms with Crippen LogP contribution in [0, 0.1) is 5.21 Å². The van der Waals surface area contributed by atoms with E-state index in [0.717, 1.165) is 11.1 Å². The van der Waals surface area contributed by atoms with Crippen LogP contribution in [0.25, 0.3) is 11.3 Å². The summed E-state index contributed by atoms with van der Waals surface area (Å²) < 4.78 is 6.65. The van der Waals surface area contributed by atoms with Crippen molar-refractivity contribution in [3.05, 3.63) is 71.4 Å². The smallest absolute Gasteiger partial charge is 0.347 e. The Morgan fingerprint density at radius 3 is 2.33 bits per heavy atom. The molecular formula is C17H16N4O3. The first kappa shape index (κ1) is 15.8. The maximum atomic E-state index is 10.6. The van der Waals surface area contributed by atoms with E-state index in [1.54, 1.807) is 0 Å². The molecule has 2 atom stereocenters. The number of aromatic nitrogens is 2. The average molecular weight is 324 g/mol. The molecule has 0 aliphatic heterocycles. The second-order valence-corrected chi connectivity index (χ2v) is 5.32. The van der Waals surface area contributed by atoms with E-state index >= 15 is 0 Å². The Morgan fingerprint density at radius 2 is 1.71 bits per heavy atom. The molecule has 1 N–H and O–H groups in total. The van der Waals surface area contributed by atoms with Gasteiger partial charge in [0.1, 0.15) is 6.10 Å². The Hall–Kier alpha value is -3.06. The Labute approximate surface area is 138 Å². The van der Waals surface area contributed by atoms with Crippen molar-refractivity contribution in [2.45, 2.75) is 19.1 Å². The van der Waals surface area contributed by atoms with Gasteiger partial charge in [-0.05, 0) is 22.4 Å². The van der Waals surface area contributed by atoms with Crippen molar-refractivity contribution in [1.29, 1.82) is 0 Å². The molecule has 0 saturated carbocycles. The fourth-order valence-electron chi connectivity index (χ4n) is 2.56. The van der Waals surface area contributed by atoms with Crippen LogP contribution in [0.3, 0.4) is 0 Å². The first-order valence-corrected chi connectivity index (χ1v) is 7.45. The van der Waals surface area contributed by atoms with Crippen molar-refractivity contribution in [3.8, 4) is 11.3 Å². The van der Waals surface area contributed by atoms with Crippen LogP contribution < -0.4 is 4.68 Å². The number of aliphatic hydroxyl groups excluding tert-OH is 1. The fraction of sp³-hybridized carbons (Fsp3) is 0.176. The molecule has 0 amide bonds. The zero-order valence-electron chi connectivity index (χ0n) is 13.0. The molecule has 0 aliphatic rings. The number of nitrogens with zero attached hydrogens (tertiary/aromatic N) is 4. The predicted molar refractivity (Wildman–Crippen MR) is 86.1 cm³/mol. The van der Waals surface area contributed by atoms with Crippen LogP contribution in [0.1, 0.15) is 24.6 Å². The van der Waals surface area contributed by atoms with E-state index in [1.165, 1.54) is 4.68 Å². The third-order valence-electron chi connectivity index (χ3n) is 3.81. The summed E-state index contributed by atoms with van der Waals surface area (Å²) in [6, 6.07) is 18.1. The molecule has 3 aromatic rings. The van der Waals surface area contributed by atoms with Gasteiger partial charge in [0.2, 0.25) is 11.3 Å². The number of hydrogen-bond acceptors (Lipinski definition) is 6. The topological polar surface area (TPSA) is 97.9 Å². The van der Waals surface area contributed by atoms with Crippen LogP contribution in [0.2, 0.25) is 0 Å². The molecule has 0 radical (unpaired) electrons. The lowest BCUT2D eigenvalue weighted by Gasteiger charge is -2.12. The van der Waals surface area contributed by atoms with Crippen molar-refractivity contribution in [2.24, 2.45) is 10.4 Å². The SMILES string of the molecule is CC(C(O)c1ccccc1)[n+]1noc(/N=N/[O-])c1-c1ccccc1. The first-order valence-electron chi connectivity index (χ1n) is 7.45.